The first-order chi connectivity index (χ1) is 10.1. The summed E-state index contributed by atoms with van der Waals surface area (Å²) in [6, 6.07) is 0.693. The molecule has 2 atom stereocenters. The molecule has 120 valence electrons. The Morgan fingerprint density at radius 2 is 1.95 bits per heavy atom. The molecule has 0 aromatic heterocycles. The lowest BCUT2D eigenvalue weighted by atomic mass is 9.91. The summed E-state index contributed by atoms with van der Waals surface area (Å²) < 4.78 is 0. The number of amides is 2. The standard InChI is InChI=1S/C16H29N3O2/c1-3-4-15(20)18-14-6-9-19(10-7-14)16(21)13-5-8-17-12(2)11-13/h12-14,17H,3-11H2,1-2H3,(H,18,20). The van der Waals surface area contributed by atoms with Gasteiger partial charge in [0.25, 0.3) is 0 Å². The van der Waals surface area contributed by atoms with E-state index >= 15 is 0 Å². The van der Waals surface area contributed by atoms with Crippen LogP contribution < -0.4 is 10.6 Å². The molecule has 0 saturated carbocycles. The zero-order valence-electron chi connectivity index (χ0n) is 13.4. The lowest BCUT2D eigenvalue weighted by Gasteiger charge is -2.36. The molecule has 0 aliphatic carbocycles. The number of hydrogen-bond donors (Lipinski definition) is 2. The topological polar surface area (TPSA) is 61.4 Å². The van der Waals surface area contributed by atoms with E-state index in [2.05, 4.69) is 17.6 Å². The maximum atomic E-state index is 12.5. The van der Waals surface area contributed by atoms with Crippen LogP contribution in [0, 0.1) is 5.92 Å². The van der Waals surface area contributed by atoms with Gasteiger partial charge >= 0.3 is 0 Å². The van der Waals surface area contributed by atoms with Gasteiger partial charge in [0.2, 0.25) is 11.8 Å². The molecule has 2 amide bonds. The Bertz CT molecular complexity index is 365. The van der Waals surface area contributed by atoms with Crippen molar-refractivity contribution < 1.29 is 9.59 Å². The molecule has 2 aliphatic rings. The van der Waals surface area contributed by atoms with Crippen molar-refractivity contribution in [1.29, 1.82) is 0 Å². The van der Waals surface area contributed by atoms with Crippen molar-refractivity contribution in [1.82, 2.24) is 15.5 Å². The molecule has 5 heteroatoms. The summed E-state index contributed by atoms with van der Waals surface area (Å²) in [7, 11) is 0. The number of carbonyl (C=O) groups excluding carboxylic acids is 2. The van der Waals surface area contributed by atoms with E-state index in [0.29, 0.717) is 18.4 Å². The van der Waals surface area contributed by atoms with Crippen molar-refractivity contribution >= 4 is 11.8 Å². The quantitative estimate of drug-likeness (QED) is 0.821. The van der Waals surface area contributed by atoms with Gasteiger partial charge in [0.15, 0.2) is 0 Å². The Morgan fingerprint density at radius 3 is 2.57 bits per heavy atom. The molecule has 2 fully saturated rings. The Hall–Kier alpha value is -1.10. The Labute approximate surface area is 127 Å². The molecule has 0 aromatic rings. The van der Waals surface area contributed by atoms with E-state index in [-0.39, 0.29) is 17.9 Å². The molecule has 5 nitrogen and oxygen atoms in total. The van der Waals surface area contributed by atoms with E-state index in [1.807, 2.05) is 11.8 Å². The molecule has 0 radical (unpaired) electrons. The van der Waals surface area contributed by atoms with Crippen LogP contribution in [0.5, 0.6) is 0 Å². The van der Waals surface area contributed by atoms with Crippen molar-refractivity contribution in [3.8, 4) is 0 Å². The van der Waals surface area contributed by atoms with Crippen molar-refractivity contribution in [3.63, 3.8) is 0 Å². The highest BCUT2D eigenvalue weighted by molar-refractivity contribution is 5.79. The van der Waals surface area contributed by atoms with E-state index in [9.17, 15) is 9.59 Å². The second-order valence-electron chi connectivity index (χ2n) is 6.49. The van der Waals surface area contributed by atoms with Crippen molar-refractivity contribution in [2.24, 2.45) is 5.92 Å². The van der Waals surface area contributed by atoms with Crippen LogP contribution in [0.4, 0.5) is 0 Å². The summed E-state index contributed by atoms with van der Waals surface area (Å²) in [5, 5.41) is 6.47. The van der Waals surface area contributed by atoms with E-state index in [4.69, 9.17) is 0 Å². The minimum absolute atomic E-state index is 0.148. The molecule has 0 aromatic carbocycles. The summed E-state index contributed by atoms with van der Waals surface area (Å²) in [5.41, 5.74) is 0. The Balaban J connectivity index is 1.75. The molecule has 2 N–H and O–H groups in total. The number of nitrogens with one attached hydrogen (secondary N) is 2. The first-order valence-corrected chi connectivity index (χ1v) is 8.41. The fourth-order valence-corrected chi connectivity index (χ4v) is 3.39. The van der Waals surface area contributed by atoms with Gasteiger partial charge in [-0.25, -0.2) is 0 Å². The van der Waals surface area contributed by atoms with Gasteiger partial charge in [0, 0.05) is 37.5 Å². The fraction of sp³-hybridized carbons (Fsp3) is 0.875. The number of likely N-dealkylation sites (tertiary alicyclic amines) is 1. The first-order valence-electron chi connectivity index (χ1n) is 8.41. The van der Waals surface area contributed by atoms with E-state index in [1.165, 1.54) is 0 Å². The summed E-state index contributed by atoms with van der Waals surface area (Å²) in [6.45, 7) is 6.68. The average Bonchev–Trinajstić information content (AvgIpc) is 2.47. The third-order valence-corrected chi connectivity index (χ3v) is 4.62. The van der Waals surface area contributed by atoms with Crippen molar-refractivity contribution in [2.45, 2.75) is 64.5 Å². The lowest BCUT2D eigenvalue weighted by Crippen LogP contribution is -2.50. The number of hydrogen-bond acceptors (Lipinski definition) is 3. The van der Waals surface area contributed by atoms with Gasteiger partial charge in [-0.15, -0.1) is 0 Å². The Kier molecular flexibility index (Phi) is 6.03. The second-order valence-corrected chi connectivity index (χ2v) is 6.49. The van der Waals surface area contributed by atoms with Gasteiger partial charge < -0.3 is 15.5 Å². The molecule has 2 heterocycles. The van der Waals surface area contributed by atoms with Gasteiger partial charge in [-0.3, -0.25) is 9.59 Å². The number of nitrogens with zero attached hydrogens (tertiary/aromatic N) is 1. The SMILES string of the molecule is CCCC(=O)NC1CCN(C(=O)C2CCNC(C)C2)CC1. The van der Waals surface area contributed by atoms with Gasteiger partial charge in [0.05, 0.1) is 0 Å². The predicted octanol–water partition coefficient (Wildman–Crippen LogP) is 1.28. The molecule has 2 aliphatic heterocycles. The van der Waals surface area contributed by atoms with Gasteiger partial charge in [-0.05, 0) is 45.6 Å². The molecule has 2 saturated heterocycles. The molecule has 0 bridgehead atoms. The smallest absolute Gasteiger partial charge is 0.225 e. The highest BCUT2D eigenvalue weighted by Gasteiger charge is 2.31. The molecule has 0 spiro atoms. The van der Waals surface area contributed by atoms with Gasteiger partial charge in [0.1, 0.15) is 0 Å². The summed E-state index contributed by atoms with van der Waals surface area (Å²) in [4.78, 5) is 26.2. The fourth-order valence-electron chi connectivity index (χ4n) is 3.39. The van der Waals surface area contributed by atoms with Gasteiger partial charge in [-0.1, -0.05) is 6.92 Å². The number of rotatable bonds is 4. The van der Waals surface area contributed by atoms with Crippen molar-refractivity contribution in [2.75, 3.05) is 19.6 Å². The molecule has 2 unspecified atom stereocenters. The second kappa shape index (κ2) is 7.78. The average molecular weight is 295 g/mol. The van der Waals surface area contributed by atoms with Crippen molar-refractivity contribution in [3.05, 3.63) is 0 Å². The minimum Gasteiger partial charge on any atom is -0.353 e. The third kappa shape index (κ3) is 4.70. The van der Waals surface area contributed by atoms with Crippen LogP contribution in [-0.2, 0) is 9.59 Å². The lowest BCUT2D eigenvalue weighted by molar-refractivity contribution is -0.137. The van der Waals surface area contributed by atoms with E-state index < -0.39 is 0 Å². The van der Waals surface area contributed by atoms with E-state index in [0.717, 1.165) is 51.7 Å². The maximum absolute atomic E-state index is 12.5. The third-order valence-electron chi connectivity index (χ3n) is 4.62. The summed E-state index contributed by atoms with van der Waals surface area (Å²) in [5.74, 6) is 0.656. The number of piperidine rings is 2. The largest absolute Gasteiger partial charge is 0.353 e. The molecule has 21 heavy (non-hydrogen) atoms. The van der Waals surface area contributed by atoms with Crippen LogP contribution in [0.15, 0.2) is 0 Å². The highest BCUT2D eigenvalue weighted by Crippen LogP contribution is 2.21. The normalized spacial score (nSPS) is 27.4. The minimum atomic E-state index is 0.148. The summed E-state index contributed by atoms with van der Waals surface area (Å²) in [6.07, 6.45) is 5.18. The van der Waals surface area contributed by atoms with Gasteiger partial charge in [-0.2, -0.15) is 0 Å². The van der Waals surface area contributed by atoms with Crippen LogP contribution >= 0.6 is 0 Å². The van der Waals surface area contributed by atoms with Crippen LogP contribution in [0.2, 0.25) is 0 Å². The van der Waals surface area contributed by atoms with Crippen LogP contribution in [-0.4, -0.2) is 48.4 Å². The Morgan fingerprint density at radius 1 is 1.24 bits per heavy atom. The predicted molar refractivity (Wildman–Crippen MR) is 82.8 cm³/mol. The molecular formula is C16H29N3O2. The molecule has 2 rings (SSSR count). The van der Waals surface area contributed by atoms with Crippen LogP contribution in [0.3, 0.4) is 0 Å². The molecular weight excluding hydrogens is 266 g/mol. The highest BCUT2D eigenvalue weighted by atomic mass is 16.2. The maximum Gasteiger partial charge on any atom is 0.225 e. The first kappa shape index (κ1) is 16.3. The monoisotopic (exact) mass is 295 g/mol. The zero-order chi connectivity index (χ0) is 15.2. The number of carbonyl (C=O) groups is 2. The summed E-state index contributed by atoms with van der Waals surface area (Å²) >= 11 is 0. The van der Waals surface area contributed by atoms with Crippen LogP contribution in [0.25, 0.3) is 0 Å². The van der Waals surface area contributed by atoms with Crippen LogP contribution in [0.1, 0.15) is 52.4 Å². The zero-order valence-corrected chi connectivity index (χ0v) is 13.4. The van der Waals surface area contributed by atoms with E-state index in [1.54, 1.807) is 0 Å².